The van der Waals surface area contributed by atoms with Crippen molar-refractivity contribution in [1.82, 2.24) is 14.9 Å². The molecule has 28 heavy (non-hydrogen) atoms. The van der Waals surface area contributed by atoms with Crippen LogP contribution in [-0.2, 0) is 11.0 Å². The summed E-state index contributed by atoms with van der Waals surface area (Å²) in [6.07, 6.45) is -2.84. The second-order valence-corrected chi connectivity index (χ2v) is 7.08. The number of amides is 1. The minimum Gasteiger partial charge on any atom is -0.358 e. The van der Waals surface area contributed by atoms with Gasteiger partial charge in [-0.2, -0.15) is 13.2 Å². The van der Waals surface area contributed by atoms with Gasteiger partial charge in [0.1, 0.15) is 0 Å². The Morgan fingerprint density at radius 3 is 2.54 bits per heavy atom. The topological polar surface area (TPSA) is 46.9 Å². The van der Waals surface area contributed by atoms with E-state index in [9.17, 15) is 18.0 Å². The number of alkyl halides is 3. The Morgan fingerprint density at radius 1 is 1.18 bits per heavy atom. The molecule has 0 fully saturated rings. The molecule has 0 aliphatic carbocycles. The van der Waals surface area contributed by atoms with E-state index < -0.39 is 11.7 Å². The number of aryl methyl sites for hydroxylation is 1. The molecule has 8 heteroatoms. The molecule has 1 amide bonds. The van der Waals surface area contributed by atoms with E-state index in [1.807, 2.05) is 31.2 Å². The van der Waals surface area contributed by atoms with E-state index in [1.165, 1.54) is 24.9 Å². The molecule has 1 aromatic heterocycles. The molecule has 0 aliphatic rings. The van der Waals surface area contributed by atoms with E-state index >= 15 is 0 Å². The number of aromatic nitrogens is 2. The molecule has 0 saturated carbocycles. The zero-order valence-corrected chi connectivity index (χ0v) is 16.1. The van der Waals surface area contributed by atoms with Crippen LogP contribution in [0.25, 0.3) is 16.9 Å². The Kier molecular flexibility index (Phi) is 5.79. The number of rotatable bonds is 5. The lowest BCUT2D eigenvalue weighted by atomic mass is 10.1. The third kappa shape index (κ3) is 4.39. The third-order valence-corrected chi connectivity index (χ3v) is 5.07. The van der Waals surface area contributed by atoms with Gasteiger partial charge in [-0.05, 0) is 25.1 Å². The molecular formula is C20H18F3N3OS. The van der Waals surface area contributed by atoms with Crippen molar-refractivity contribution in [2.75, 3.05) is 12.8 Å². The van der Waals surface area contributed by atoms with Crippen LogP contribution in [0.3, 0.4) is 0 Å². The van der Waals surface area contributed by atoms with E-state index in [0.29, 0.717) is 16.5 Å². The fraction of sp³-hybridized carbons (Fsp3) is 0.200. The van der Waals surface area contributed by atoms with Gasteiger partial charge >= 0.3 is 6.18 Å². The fourth-order valence-electron chi connectivity index (χ4n) is 2.64. The maximum atomic E-state index is 13.2. The average Bonchev–Trinajstić information content (AvgIpc) is 3.10. The second kappa shape index (κ2) is 8.10. The molecule has 4 nitrogen and oxygen atoms in total. The van der Waals surface area contributed by atoms with Gasteiger partial charge in [-0.3, -0.25) is 9.36 Å². The highest BCUT2D eigenvalue weighted by Gasteiger charge is 2.31. The highest BCUT2D eigenvalue weighted by atomic mass is 32.2. The number of thioether (sulfide) groups is 1. The predicted molar refractivity (Wildman–Crippen MR) is 104 cm³/mol. The molecule has 0 unspecified atom stereocenters. The normalized spacial score (nSPS) is 11.5. The van der Waals surface area contributed by atoms with Crippen molar-refractivity contribution >= 4 is 17.7 Å². The average molecular weight is 405 g/mol. The molecule has 1 N–H and O–H groups in total. The number of halogens is 3. The van der Waals surface area contributed by atoms with Crippen LogP contribution in [0.1, 0.15) is 11.1 Å². The molecule has 0 spiro atoms. The number of carbonyl (C=O) groups is 1. The summed E-state index contributed by atoms with van der Waals surface area (Å²) < 4.78 is 41.2. The number of benzene rings is 2. The van der Waals surface area contributed by atoms with Crippen molar-refractivity contribution < 1.29 is 18.0 Å². The lowest BCUT2D eigenvalue weighted by Gasteiger charge is -2.14. The molecule has 146 valence electrons. The van der Waals surface area contributed by atoms with Gasteiger partial charge < -0.3 is 5.32 Å². The summed E-state index contributed by atoms with van der Waals surface area (Å²) in [5.74, 6) is -0.0831. The summed E-state index contributed by atoms with van der Waals surface area (Å²) in [5, 5.41) is 2.97. The molecule has 0 radical (unpaired) electrons. The molecular weight excluding hydrogens is 387 g/mol. The summed E-state index contributed by atoms with van der Waals surface area (Å²) in [4.78, 5) is 16.0. The van der Waals surface area contributed by atoms with Crippen molar-refractivity contribution in [2.45, 2.75) is 18.3 Å². The van der Waals surface area contributed by atoms with Gasteiger partial charge in [0.2, 0.25) is 5.91 Å². The first-order valence-electron chi connectivity index (χ1n) is 8.45. The number of hydrogen-bond acceptors (Lipinski definition) is 3. The first-order chi connectivity index (χ1) is 13.3. The van der Waals surface area contributed by atoms with Crippen LogP contribution in [0.4, 0.5) is 13.2 Å². The van der Waals surface area contributed by atoms with Gasteiger partial charge in [0, 0.05) is 18.3 Å². The molecule has 0 bridgehead atoms. The third-order valence-electron chi connectivity index (χ3n) is 4.12. The van der Waals surface area contributed by atoms with Crippen LogP contribution in [-0.4, -0.2) is 28.3 Å². The van der Waals surface area contributed by atoms with Crippen molar-refractivity contribution in [2.24, 2.45) is 0 Å². The van der Waals surface area contributed by atoms with Gasteiger partial charge in [0.15, 0.2) is 5.16 Å². The predicted octanol–water partition coefficient (Wildman–Crippen LogP) is 4.70. The quantitative estimate of drug-likeness (QED) is 0.626. The molecule has 3 aromatic rings. The first-order valence-corrected chi connectivity index (χ1v) is 9.44. The maximum Gasteiger partial charge on any atom is 0.416 e. The van der Waals surface area contributed by atoms with Crippen molar-refractivity contribution in [3.8, 4) is 16.9 Å². The number of nitrogens with one attached hydrogen (secondary N) is 1. The summed E-state index contributed by atoms with van der Waals surface area (Å²) in [6.45, 7) is 1.96. The minimum absolute atomic E-state index is 0.111. The van der Waals surface area contributed by atoms with Crippen molar-refractivity contribution in [3.63, 3.8) is 0 Å². The molecule has 0 saturated heterocycles. The largest absolute Gasteiger partial charge is 0.416 e. The van der Waals surface area contributed by atoms with E-state index in [1.54, 1.807) is 16.8 Å². The Bertz CT molecular complexity index is 981. The molecule has 1 heterocycles. The number of imidazole rings is 1. The van der Waals surface area contributed by atoms with Crippen molar-refractivity contribution in [1.29, 1.82) is 0 Å². The monoisotopic (exact) mass is 405 g/mol. The Morgan fingerprint density at radius 2 is 1.89 bits per heavy atom. The smallest absolute Gasteiger partial charge is 0.358 e. The number of hydrogen-bond donors (Lipinski definition) is 1. The van der Waals surface area contributed by atoms with E-state index in [4.69, 9.17) is 0 Å². The van der Waals surface area contributed by atoms with Gasteiger partial charge in [0.05, 0.1) is 23.2 Å². The van der Waals surface area contributed by atoms with Crippen LogP contribution in [0.15, 0.2) is 59.9 Å². The summed E-state index contributed by atoms with van der Waals surface area (Å²) in [6, 6.07) is 12.7. The molecule has 3 rings (SSSR count). The molecule has 0 atom stereocenters. The SMILES string of the molecule is CNC(=O)CSc1ncc(-c2ccc(C)cc2)n1-c1cccc(C(F)(F)F)c1. The lowest BCUT2D eigenvalue weighted by Crippen LogP contribution is -2.20. The highest BCUT2D eigenvalue weighted by Crippen LogP contribution is 2.34. The van der Waals surface area contributed by atoms with Crippen LogP contribution < -0.4 is 5.32 Å². The van der Waals surface area contributed by atoms with E-state index in [-0.39, 0.29) is 11.7 Å². The summed E-state index contributed by atoms with van der Waals surface area (Å²) in [5.41, 5.74) is 2.14. The fourth-order valence-corrected chi connectivity index (χ4v) is 3.50. The Hall–Kier alpha value is -2.74. The lowest BCUT2D eigenvalue weighted by molar-refractivity contribution is -0.137. The maximum absolute atomic E-state index is 13.2. The van der Waals surface area contributed by atoms with Gasteiger partial charge in [-0.15, -0.1) is 0 Å². The van der Waals surface area contributed by atoms with Gasteiger partial charge in [-0.25, -0.2) is 4.98 Å². The summed E-state index contributed by atoms with van der Waals surface area (Å²) >= 11 is 1.17. The van der Waals surface area contributed by atoms with E-state index in [0.717, 1.165) is 23.3 Å². The van der Waals surface area contributed by atoms with Gasteiger partial charge in [-0.1, -0.05) is 47.7 Å². The zero-order valence-electron chi connectivity index (χ0n) is 15.2. The first kappa shape index (κ1) is 20.0. The minimum atomic E-state index is -4.45. The highest BCUT2D eigenvalue weighted by molar-refractivity contribution is 7.99. The number of nitrogens with zero attached hydrogens (tertiary/aromatic N) is 2. The zero-order chi connectivity index (χ0) is 20.3. The van der Waals surface area contributed by atoms with Crippen LogP contribution in [0.5, 0.6) is 0 Å². The molecule has 2 aromatic carbocycles. The standard InChI is InChI=1S/C20H18F3N3OS/c1-13-6-8-14(9-7-13)17-11-25-19(28-12-18(27)24-2)26(17)16-5-3-4-15(10-16)20(21,22)23/h3-11H,12H2,1-2H3,(H,24,27). The second-order valence-electron chi connectivity index (χ2n) is 6.14. The van der Waals surface area contributed by atoms with E-state index in [2.05, 4.69) is 10.3 Å². The number of carbonyl (C=O) groups excluding carboxylic acids is 1. The van der Waals surface area contributed by atoms with Gasteiger partial charge in [0.25, 0.3) is 0 Å². The van der Waals surface area contributed by atoms with Crippen LogP contribution in [0.2, 0.25) is 0 Å². The van der Waals surface area contributed by atoms with Crippen LogP contribution in [0, 0.1) is 6.92 Å². The summed E-state index contributed by atoms with van der Waals surface area (Å²) in [7, 11) is 1.53. The Balaban J connectivity index is 2.11. The molecule has 0 aliphatic heterocycles. The van der Waals surface area contributed by atoms with Crippen LogP contribution >= 0.6 is 11.8 Å². The Labute approximate surface area is 164 Å². The van der Waals surface area contributed by atoms with Crippen molar-refractivity contribution in [3.05, 3.63) is 65.9 Å².